The summed E-state index contributed by atoms with van der Waals surface area (Å²) in [6, 6.07) is 7.14. The first-order chi connectivity index (χ1) is 9.21. The minimum atomic E-state index is -4.51. The van der Waals surface area contributed by atoms with Crippen LogP contribution < -0.4 is 5.32 Å². The lowest BCUT2D eigenvalue weighted by Gasteiger charge is -2.25. The van der Waals surface area contributed by atoms with Crippen LogP contribution >= 0.6 is 7.60 Å². The van der Waals surface area contributed by atoms with Gasteiger partial charge in [-0.15, -0.1) is 0 Å². The third-order valence-corrected chi connectivity index (χ3v) is 3.94. The molecule has 0 radical (unpaired) electrons. The van der Waals surface area contributed by atoms with E-state index in [0.29, 0.717) is 12.0 Å². The van der Waals surface area contributed by atoms with Crippen LogP contribution in [0.5, 0.6) is 0 Å². The first-order valence-electron chi connectivity index (χ1n) is 6.31. The van der Waals surface area contributed by atoms with Crippen molar-refractivity contribution in [3.63, 3.8) is 0 Å². The highest BCUT2D eigenvalue weighted by molar-refractivity contribution is 7.52. The quantitative estimate of drug-likeness (QED) is 0.573. The second kappa shape index (κ2) is 6.99. The molecule has 0 aliphatic carbocycles. The molecule has 2 atom stereocenters. The van der Waals surface area contributed by atoms with Crippen molar-refractivity contribution in [2.75, 3.05) is 0 Å². The van der Waals surface area contributed by atoms with E-state index in [9.17, 15) is 19.1 Å². The van der Waals surface area contributed by atoms with Crippen LogP contribution in [0.15, 0.2) is 30.3 Å². The van der Waals surface area contributed by atoms with Crippen molar-refractivity contribution in [1.82, 2.24) is 5.32 Å². The molecule has 6 nitrogen and oxygen atoms in total. The fourth-order valence-electron chi connectivity index (χ4n) is 1.92. The predicted molar refractivity (Wildman–Crippen MR) is 75.2 cm³/mol. The monoisotopic (exact) mass is 301 g/mol. The fourth-order valence-corrected chi connectivity index (χ4v) is 2.86. The molecule has 0 unspecified atom stereocenters. The number of aliphatic carboxylic acids is 1. The van der Waals surface area contributed by atoms with E-state index in [4.69, 9.17) is 5.11 Å². The summed E-state index contributed by atoms with van der Waals surface area (Å²) in [4.78, 5) is 30.1. The van der Waals surface area contributed by atoms with E-state index in [2.05, 4.69) is 5.32 Å². The Labute approximate surface area is 118 Å². The summed E-state index contributed by atoms with van der Waals surface area (Å²) in [7, 11) is -4.51. The lowest BCUT2D eigenvalue weighted by atomic mass is 10.0. The van der Waals surface area contributed by atoms with Gasteiger partial charge in [-0.2, -0.15) is 0 Å². The first-order valence-corrected chi connectivity index (χ1v) is 7.99. The Hall–Kier alpha value is -1.20. The minimum absolute atomic E-state index is 0.0943. The lowest BCUT2D eigenvalue weighted by molar-refractivity contribution is -0.140. The molecule has 0 aromatic heterocycles. The van der Waals surface area contributed by atoms with E-state index in [1.807, 2.05) is 13.8 Å². The minimum Gasteiger partial charge on any atom is -0.480 e. The van der Waals surface area contributed by atoms with Gasteiger partial charge in [0.25, 0.3) is 0 Å². The van der Waals surface area contributed by atoms with Crippen LogP contribution in [-0.4, -0.2) is 26.9 Å². The molecular formula is C13H20NO5P. The second-order valence-electron chi connectivity index (χ2n) is 5.09. The Morgan fingerprint density at radius 2 is 1.80 bits per heavy atom. The topological polar surface area (TPSA) is 107 Å². The summed E-state index contributed by atoms with van der Waals surface area (Å²) in [6.45, 7) is 3.71. The maximum Gasteiger partial charge on any atom is 0.346 e. The molecule has 0 aliphatic rings. The van der Waals surface area contributed by atoms with Gasteiger partial charge in [-0.1, -0.05) is 44.2 Å². The molecule has 0 amide bonds. The van der Waals surface area contributed by atoms with E-state index in [-0.39, 0.29) is 5.92 Å². The van der Waals surface area contributed by atoms with Gasteiger partial charge in [0.2, 0.25) is 0 Å². The van der Waals surface area contributed by atoms with Crippen LogP contribution in [0.2, 0.25) is 0 Å². The second-order valence-corrected chi connectivity index (χ2v) is 6.78. The molecule has 1 rings (SSSR count). The van der Waals surface area contributed by atoms with Gasteiger partial charge in [-0.3, -0.25) is 14.7 Å². The Morgan fingerprint density at radius 3 is 2.20 bits per heavy atom. The van der Waals surface area contributed by atoms with Gasteiger partial charge in [0.05, 0.1) is 0 Å². The molecule has 0 saturated carbocycles. The van der Waals surface area contributed by atoms with Crippen LogP contribution in [-0.2, 0) is 9.36 Å². The molecule has 7 heteroatoms. The molecule has 20 heavy (non-hydrogen) atoms. The van der Waals surface area contributed by atoms with Gasteiger partial charge in [0, 0.05) is 0 Å². The summed E-state index contributed by atoms with van der Waals surface area (Å²) >= 11 is 0. The van der Waals surface area contributed by atoms with Crippen molar-refractivity contribution >= 4 is 13.6 Å². The molecule has 112 valence electrons. The zero-order valence-electron chi connectivity index (χ0n) is 11.4. The molecule has 0 aliphatic heterocycles. The molecule has 0 fully saturated rings. The largest absolute Gasteiger partial charge is 0.480 e. The number of carboxylic acid groups (broad SMARTS) is 1. The van der Waals surface area contributed by atoms with E-state index in [1.54, 1.807) is 30.3 Å². The van der Waals surface area contributed by atoms with Gasteiger partial charge in [-0.25, -0.2) is 0 Å². The summed E-state index contributed by atoms with van der Waals surface area (Å²) < 4.78 is 11.6. The number of carboxylic acids is 1. The van der Waals surface area contributed by atoms with Crippen molar-refractivity contribution in [2.24, 2.45) is 5.92 Å². The fraction of sp³-hybridized carbons (Fsp3) is 0.462. The predicted octanol–water partition coefficient (Wildman–Crippen LogP) is 1.95. The summed E-state index contributed by atoms with van der Waals surface area (Å²) in [5, 5.41) is 11.7. The number of nitrogens with one attached hydrogen (secondary N) is 1. The van der Waals surface area contributed by atoms with Crippen molar-refractivity contribution in [3.05, 3.63) is 35.9 Å². The van der Waals surface area contributed by atoms with E-state index in [1.165, 1.54) is 0 Å². The maximum atomic E-state index is 11.6. The van der Waals surface area contributed by atoms with Crippen LogP contribution in [0.3, 0.4) is 0 Å². The highest BCUT2D eigenvalue weighted by Gasteiger charge is 2.34. The lowest BCUT2D eigenvalue weighted by Crippen LogP contribution is -2.40. The number of benzene rings is 1. The smallest absolute Gasteiger partial charge is 0.346 e. The Balaban J connectivity index is 3.01. The van der Waals surface area contributed by atoms with Crippen molar-refractivity contribution in [3.8, 4) is 0 Å². The van der Waals surface area contributed by atoms with Crippen LogP contribution in [0.4, 0.5) is 0 Å². The maximum absolute atomic E-state index is 11.6. The van der Waals surface area contributed by atoms with E-state index < -0.39 is 25.4 Å². The molecule has 0 saturated heterocycles. The number of hydrogen-bond acceptors (Lipinski definition) is 3. The molecule has 0 bridgehead atoms. The number of rotatable bonds is 7. The third kappa shape index (κ3) is 5.06. The van der Waals surface area contributed by atoms with Gasteiger partial charge in [0.15, 0.2) is 0 Å². The number of carbonyl (C=O) groups is 1. The first kappa shape index (κ1) is 16.9. The van der Waals surface area contributed by atoms with Crippen LogP contribution in [0.25, 0.3) is 0 Å². The molecule has 1 aromatic rings. The van der Waals surface area contributed by atoms with Crippen molar-refractivity contribution in [2.45, 2.75) is 32.1 Å². The van der Waals surface area contributed by atoms with Gasteiger partial charge in [0.1, 0.15) is 11.8 Å². The van der Waals surface area contributed by atoms with E-state index >= 15 is 0 Å². The Morgan fingerprint density at radius 1 is 1.25 bits per heavy atom. The highest BCUT2D eigenvalue weighted by atomic mass is 31.2. The number of hydrogen-bond donors (Lipinski definition) is 4. The van der Waals surface area contributed by atoms with Crippen LogP contribution in [0.1, 0.15) is 31.6 Å². The third-order valence-electron chi connectivity index (χ3n) is 2.82. The van der Waals surface area contributed by atoms with Crippen molar-refractivity contribution < 1.29 is 24.3 Å². The summed E-state index contributed by atoms with van der Waals surface area (Å²) in [5.74, 6) is -2.34. The zero-order chi connectivity index (χ0) is 15.3. The Bertz CT molecular complexity index is 485. The molecule has 1 aromatic carbocycles. The van der Waals surface area contributed by atoms with Crippen LogP contribution in [0, 0.1) is 5.92 Å². The normalized spacial score (nSPS) is 15.1. The molecule has 0 spiro atoms. The molecule has 4 N–H and O–H groups in total. The highest BCUT2D eigenvalue weighted by Crippen LogP contribution is 2.50. The molecular weight excluding hydrogens is 281 g/mol. The van der Waals surface area contributed by atoms with Gasteiger partial charge in [-0.05, 0) is 17.9 Å². The standard InChI is InChI=1S/C13H20NO5P/c1-9(2)8-11(13(15)16)14-12(20(17,18)19)10-6-4-3-5-7-10/h3-7,9,11-12,14H,8H2,1-2H3,(H,15,16)(H2,17,18,19)/t11-,12-/m0/s1. The average Bonchev–Trinajstić information content (AvgIpc) is 2.33. The van der Waals surface area contributed by atoms with Gasteiger partial charge < -0.3 is 14.9 Å². The Kier molecular flexibility index (Phi) is 5.89. The summed E-state index contributed by atoms with van der Waals surface area (Å²) in [5.41, 5.74) is 0.371. The summed E-state index contributed by atoms with van der Waals surface area (Å²) in [6.07, 6.45) is 0.290. The molecule has 0 heterocycles. The van der Waals surface area contributed by atoms with Gasteiger partial charge >= 0.3 is 13.6 Å². The average molecular weight is 301 g/mol. The zero-order valence-corrected chi connectivity index (χ0v) is 12.3. The van der Waals surface area contributed by atoms with Crippen molar-refractivity contribution in [1.29, 1.82) is 0 Å². The SMILES string of the molecule is CC(C)C[C@H](N[C@H](c1ccccc1)P(=O)(O)O)C(=O)O. The van der Waals surface area contributed by atoms with E-state index in [0.717, 1.165) is 0 Å².